The molecule has 0 bridgehead atoms. The molecular formula is C17H28N2O2. The Morgan fingerprint density at radius 2 is 1.90 bits per heavy atom. The summed E-state index contributed by atoms with van der Waals surface area (Å²) in [7, 11) is 0. The van der Waals surface area contributed by atoms with Gasteiger partial charge >= 0.3 is 0 Å². The van der Waals surface area contributed by atoms with Crippen LogP contribution in [0.1, 0.15) is 52.9 Å². The predicted octanol–water partition coefficient (Wildman–Crippen LogP) is 2.49. The van der Waals surface area contributed by atoms with Crippen molar-refractivity contribution in [3.63, 3.8) is 0 Å². The van der Waals surface area contributed by atoms with Gasteiger partial charge in [0.25, 0.3) is 0 Å². The predicted molar refractivity (Wildman–Crippen MR) is 83.7 cm³/mol. The molecule has 1 heterocycles. The Kier molecular flexibility index (Phi) is 5.43. The molecule has 0 aromatic rings. The zero-order valence-electron chi connectivity index (χ0n) is 13.5. The molecule has 1 saturated heterocycles. The fraction of sp³-hybridized carbons (Fsp3) is 0.765. The molecule has 4 nitrogen and oxygen atoms in total. The fourth-order valence-corrected chi connectivity index (χ4v) is 3.55. The van der Waals surface area contributed by atoms with Gasteiger partial charge in [0.05, 0.1) is 0 Å². The molecule has 2 amide bonds. The number of rotatable bonds is 4. The molecule has 2 fully saturated rings. The van der Waals surface area contributed by atoms with E-state index in [2.05, 4.69) is 5.32 Å². The van der Waals surface area contributed by atoms with Crippen molar-refractivity contribution in [2.24, 2.45) is 11.8 Å². The molecule has 21 heavy (non-hydrogen) atoms. The smallest absolute Gasteiger partial charge is 0.246 e. The van der Waals surface area contributed by atoms with E-state index in [1.807, 2.05) is 37.8 Å². The molecular weight excluding hydrogens is 264 g/mol. The monoisotopic (exact) mass is 292 g/mol. The van der Waals surface area contributed by atoms with Crippen LogP contribution in [-0.2, 0) is 9.59 Å². The molecule has 0 spiro atoms. The van der Waals surface area contributed by atoms with Crippen molar-refractivity contribution >= 4 is 11.8 Å². The molecule has 0 aromatic carbocycles. The first-order chi connectivity index (χ1) is 10.1. The first-order valence-electron chi connectivity index (χ1n) is 8.28. The van der Waals surface area contributed by atoms with E-state index in [9.17, 15) is 9.59 Å². The number of piperazine rings is 1. The summed E-state index contributed by atoms with van der Waals surface area (Å²) >= 11 is 0. The van der Waals surface area contributed by atoms with Crippen molar-refractivity contribution in [2.45, 2.75) is 65.0 Å². The van der Waals surface area contributed by atoms with Crippen LogP contribution in [0.4, 0.5) is 0 Å². The lowest BCUT2D eigenvalue weighted by molar-refractivity contribution is -0.152. The van der Waals surface area contributed by atoms with Crippen LogP contribution in [0, 0.1) is 11.8 Å². The number of allylic oxidation sites excluding steroid dienone is 1. The average Bonchev–Trinajstić information content (AvgIpc) is 2.48. The van der Waals surface area contributed by atoms with Crippen molar-refractivity contribution in [2.75, 3.05) is 6.54 Å². The second-order valence-electron chi connectivity index (χ2n) is 6.63. The minimum Gasteiger partial charge on any atom is -0.342 e. The van der Waals surface area contributed by atoms with Crippen molar-refractivity contribution in [1.29, 1.82) is 0 Å². The number of hydrogen-bond donors (Lipinski definition) is 1. The highest BCUT2D eigenvalue weighted by molar-refractivity contribution is 5.97. The number of nitrogens with zero attached hydrogens (tertiary/aromatic N) is 1. The molecule has 4 heteroatoms. The minimum absolute atomic E-state index is 0.0460. The van der Waals surface area contributed by atoms with Gasteiger partial charge in [0.1, 0.15) is 12.1 Å². The van der Waals surface area contributed by atoms with E-state index in [1.54, 1.807) is 0 Å². The lowest BCUT2D eigenvalue weighted by Crippen LogP contribution is -2.66. The molecule has 2 rings (SSSR count). The summed E-state index contributed by atoms with van der Waals surface area (Å²) in [6.45, 7) is 6.46. The van der Waals surface area contributed by atoms with Crippen LogP contribution in [0.15, 0.2) is 12.2 Å². The van der Waals surface area contributed by atoms with Crippen molar-refractivity contribution in [3.05, 3.63) is 12.2 Å². The normalized spacial score (nSPS) is 28.5. The van der Waals surface area contributed by atoms with E-state index in [0.29, 0.717) is 12.5 Å². The van der Waals surface area contributed by atoms with Gasteiger partial charge in [0, 0.05) is 6.54 Å². The highest BCUT2D eigenvalue weighted by atomic mass is 16.2. The summed E-state index contributed by atoms with van der Waals surface area (Å²) in [6.07, 6.45) is 9.64. The van der Waals surface area contributed by atoms with Crippen molar-refractivity contribution < 1.29 is 9.59 Å². The second kappa shape index (κ2) is 7.10. The fourth-order valence-electron chi connectivity index (χ4n) is 3.55. The van der Waals surface area contributed by atoms with Crippen LogP contribution < -0.4 is 5.32 Å². The van der Waals surface area contributed by atoms with Crippen molar-refractivity contribution in [3.8, 4) is 0 Å². The molecule has 0 radical (unpaired) electrons. The molecule has 1 N–H and O–H groups in total. The van der Waals surface area contributed by atoms with Crippen LogP contribution in [0.5, 0.6) is 0 Å². The molecule has 2 aliphatic rings. The molecule has 2 atom stereocenters. The van der Waals surface area contributed by atoms with Gasteiger partial charge in [-0.3, -0.25) is 9.59 Å². The Labute approximate surface area is 128 Å². The van der Waals surface area contributed by atoms with Crippen LogP contribution in [0.2, 0.25) is 0 Å². The topological polar surface area (TPSA) is 49.4 Å². The molecule has 1 aliphatic carbocycles. The van der Waals surface area contributed by atoms with E-state index in [1.165, 1.54) is 19.3 Å². The molecule has 1 aliphatic heterocycles. The highest BCUT2D eigenvalue weighted by Gasteiger charge is 2.44. The van der Waals surface area contributed by atoms with Gasteiger partial charge in [-0.25, -0.2) is 0 Å². The number of hydrogen-bond acceptors (Lipinski definition) is 2. The Morgan fingerprint density at radius 1 is 1.24 bits per heavy atom. The first-order valence-corrected chi connectivity index (χ1v) is 8.28. The Hall–Kier alpha value is -1.32. The van der Waals surface area contributed by atoms with E-state index >= 15 is 0 Å². The third-order valence-electron chi connectivity index (χ3n) is 4.75. The Morgan fingerprint density at radius 3 is 2.48 bits per heavy atom. The maximum absolute atomic E-state index is 12.7. The van der Waals surface area contributed by atoms with E-state index in [-0.39, 0.29) is 29.8 Å². The van der Waals surface area contributed by atoms with Crippen LogP contribution >= 0.6 is 0 Å². The van der Waals surface area contributed by atoms with Gasteiger partial charge in [0.15, 0.2) is 0 Å². The Bertz CT molecular complexity index is 411. The molecule has 0 aromatic heterocycles. The number of nitrogens with one attached hydrogen (secondary N) is 1. The van der Waals surface area contributed by atoms with Gasteiger partial charge in [-0.15, -0.1) is 0 Å². The average molecular weight is 292 g/mol. The van der Waals surface area contributed by atoms with Crippen LogP contribution in [-0.4, -0.2) is 35.3 Å². The summed E-state index contributed by atoms with van der Waals surface area (Å²) in [6, 6.07) is -0.647. The van der Waals surface area contributed by atoms with Gasteiger partial charge in [-0.05, 0) is 31.6 Å². The zero-order valence-corrected chi connectivity index (χ0v) is 13.5. The summed E-state index contributed by atoms with van der Waals surface area (Å²) < 4.78 is 0. The third kappa shape index (κ3) is 3.47. The summed E-state index contributed by atoms with van der Waals surface area (Å²) in [4.78, 5) is 27.2. The Balaban J connectivity index is 2.22. The van der Waals surface area contributed by atoms with Crippen LogP contribution in [0.25, 0.3) is 0 Å². The SMILES string of the molecule is C/C=C/CN1C(=O)C(C(C)C)NC(=O)C1C1CCCCC1. The molecule has 2 unspecified atom stereocenters. The van der Waals surface area contributed by atoms with Gasteiger partial charge in [0.2, 0.25) is 11.8 Å². The summed E-state index contributed by atoms with van der Waals surface area (Å²) in [5, 5.41) is 2.97. The molecule has 118 valence electrons. The summed E-state index contributed by atoms with van der Waals surface area (Å²) in [5.74, 6) is 0.575. The lowest BCUT2D eigenvalue weighted by atomic mass is 9.81. The lowest BCUT2D eigenvalue weighted by Gasteiger charge is -2.44. The maximum Gasteiger partial charge on any atom is 0.246 e. The second-order valence-corrected chi connectivity index (χ2v) is 6.63. The first kappa shape index (κ1) is 16.1. The minimum atomic E-state index is -0.373. The van der Waals surface area contributed by atoms with Gasteiger partial charge in [-0.2, -0.15) is 0 Å². The highest BCUT2D eigenvalue weighted by Crippen LogP contribution is 2.31. The standard InChI is InChI=1S/C17H28N2O2/c1-4-5-11-19-15(13-9-7-6-8-10-13)16(20)18-14(12(2)3)17(19)21/h4-5,12-15H,6-11H2,1-3H3,(H,18,20)/b5-4+. The molecule has 1 saturated carbocycles. The third-order valence-corrected chi connectivity index (χ3v) is 4.75. The number of carbonyl (C=O) groups excluding carboxylic acids is 2. The maximum atomic E-state index is 12.7. The number of amides is 2. The van der Waals surface area contributed by atoms with E-state index in [0.717, 1.165) is 12.8 Å². The summed E-state index contributed by atoms with van der Waals surface area (Å²) in [5.41, 5.74) is 0. The zero-order chi connectivity index (χ0) is 15.4. The van der Waals surface area contributed by atoms with Crippen molar-refractivity contribution in [1.82, 2.24) is 10.2 Å². The number of carbonyl (C=O) groups is 2. The largest absolute Gasteiger partial charge is 0.342 e. The van der Waals surface area contributed by atoms with Gasteiger partial charge < -0.3 is 10.2 Å². The van der Waals surface area contributed by atoms with Gasteiger partial charge in [-0.1, -0.05) is 45.3 Å². The van der Waals surface area contributed by atoms with Crippen LogP contribution in [0.3, 0.4) is 0 Å². The van der Waals surface area contributed by atoms with E-state index < -0.39 is 0 Å². The quantitative estimate of drug-likeness (QED) is 0.809. The van der Waals surface area contributed by atoms with E-state index in [4.69, 9.17) is 0 Å².